The minimum Gasteiger partial charge on any atom is -0.478 e. The summed E-state index contributed by atoms with van der Waals surface area (Å²) in [5.74, 6) is 0.0631. The van der Waals surface area contributed by atoms with Gasteiger partial charge in [0.25, 0.3) is 0 Å². The van der Waals surface area contributed by atoms with E-state index in [9.17, 15) is 19.8 Å². The summed E-state index contributed by atoms with van der Waals surface area (Å²) < 4.78 is 0. The Morgan fingerprint density at radius 3 is 2.58 bits per heavy atom. The van der Waals surface area contributed by atoms with Crippen LogP contribution in [0.25, 0.3) is 0 Å². The van der Waals surface area contributed by atoms with E-state index in [4.69, 9.17) is 6.42 Å². The molecular formula is C22H32O4. The molecule has 2 N–H and O–H groups in total. The first-order chi connectivity index (χ1) is 12.5. The van der Waals surface area contributed by atoms with Gasteiger partial charge in [-0.05, 0) is 12.8 Å². The maximum Gasteiger partial charge on any atom is 0.331 e. The second-order valence-electron chi connectivity index (χ2n) is 7.05. The van der Waals surface area contributed by atoms with Gasteiger partial charge in [-0.2, -0.15) is 0 Å². The first-order valence-corrected chi connectivity index (χ1v) is 9.74. The lowest BCUT2D eigenvalue weighted by atomic mass is 9.83. The molecule has 4 atom stereocenters. The van der Waals surface area contributed by atoms with Crippen LogP contribution in [0, 0.1) is 30.1 Å². The number of carboxylic acids is 1. The molecule has 0 bridgehead atoms. The largest absolute Gasteiger partial charge is 0.478 e. The number of aliphatic hydroxyl groups excluding tert-OH is 1. The van der Waals surface area contributed by atoms with Gasteiger partial charge < -0.3 is 10.2 Å². The van der Waals surface area contributed by atoms with E-state index in [2.05, 4.69) is 12.8 Å². The highest BCUT2D eigenvalue weighted by molar-refractivity contribution is 5.98. The number of aliphatic carboxylic acids is 1. The number of ketones is 1. The van der Waals surface area contributed by atoms with Crippen LogP contribution in [-0.4, -0.2) is 28.1 Å². The zero-order valence-corrected chi connectivity index (χ0v) is 16.0. The zero-order valence-electron chi connectivity index (χ0n) is 16.0. The van der Waals surface area contributed by atoms with Gasteiger partial charge in [-0.15, -0.1) is 12.3 Å². The number of unbranched alkanes of at least 4 members (excludes halogenated alkanes) is 4. The zero-order chi connectivity index (χ0) is 19.5. The van der Waals surface area contributed by atoms with E-state index in [1.807, 2.05) is 6.92 Å². The molecule has 26 heavy (non-hydrogen) atoms. The quantitative estimate of drug-likeness (QED) is 0.251. The maximum absolute atomic E-state index is 12.5. The van der Waals surface area contributed by atoms with Crippen molar-refractivity contribution in [3.8, 4) is 12.3 Å². The summed E-state index contributed by atoms with van der Waals surface area (Å²) in [7, 11) is 0. The van der Waals surface area contributed by atoms with E-state index in [-0.39, 0.29) is 29.6 Å². The number of allylic oxidation sites excluding steroid dienone is 2. The fourth-order valence-corrected chi connectivity index (χ4v) is 3.49. The Labute approximate surface area is 157 Å². The van der Waals surface area contributed by atoms with Crippen molar-refractivity contribution in [3.05, 3.63) is 23.8 Å². The van der Waals surface area contributed by atoms with Crippen LogP contribution in [0.3, 0.4) is 0 Å². The third-order valence-electron chi connectivity index (χ3n) is 4.99. The first kappa shape index (κ1) is 22.2. The van der Waals surface area contributed by atoms with Gasteiger partial charge in [0.15, 0.2) is 0 Å². The number of carbonyl (C=O) groups is 2. The van der Waals surface area contributed by atoms with Crippen LogP contribution < -0.4 is 0 Å². The van der Waals surface area contributed by atoms with Gasteiger partial charge in [0.2, 0.25) is 0 Å². The van der Waals surface area contributed by atoms with Crippen molar-refractivity contribution in [2.24, 2.45) is 17.8 Å². The van der Waals surface area contributed by atoms with Crippen LogP contribution in [-0.2, 0) is 9.59 Å². The molecule has 1 saturated carbocycles. The fraction of sp³-hybridized carbons (Fsp3) is 0.636. The molecule has 0 amide bonds. The summed E-state index contributed by atoms with van der Waals surface area (Å²) >= 11 is 0. The lowest BCUT2D eigenvalue weighted by molar-refractivity contribution is -0.135. The monoisotopic (exact) mass is 360 g/mol. The first-order valence-electron chi connectivity index (χ1n) is 9.74. The van der Waals surface area contributed by atoms with Gasteiger partial charge in [-0.1, -0.05) is 64.2 Å². The maximum atomic E-state index is 12.5. The highest BCUT2D eigenvalue weighted by Crippen LogP contribution is 2.40. The van der Waals surface area contributed by atoms with E-state index < -0.39 is 18.0 Å². The predicted octanol–water partition coefficient (Wildman–Crippen LogP) is 4.14. The molecule has 0 spiro atoms. The number of aliphatic hydroxyl groups is 1. The smallest absolute Gasteiger partial charge is 0.331 e. The SMILES string of the molecule is C#CC1CC(=O)[C@@H](/C(=C/CCCC)C(=O)O)[C@@H]1C=C[C@H](O)CCCCC. The molecule has 144 valence electrons. The molecule has 1 aliphatic carbocycles. The van der Waals surface area contributed by atoms with Crippen molar-refractivity contribution in [1.82, 2.24) is 0 Å². The Hall–Kier alpha value is -1.86. The van der Waals surface area contributed by atoms with Crippen LogP contribution in [0.2, 0.25) is 0 Å². The summed E-state index contributed by atoms with van der Waals surface area (Å²) in [6, 6.07) is 0. The summed E-state index contributed by atoms with van der Waals surface area (Å²) in [5.41, 5.74) is 0.149. The summed E-state index contributed by atoms with van der Waals surface area (Å²) in [6.45, 7) is 4.14. The molecule has 1 rings (SSSR count). The van der Waals surface area contributed by atoms with Crippen LogP contribution in [0.1, 0.15) is 65.2 Å². The van der Waals surface area contributed by atoms with Crippen molar-refractivity contribution in [2.45, 2.75) is 71.3 Å². The molecule has 4 heteroatoms. The van der Waals surface area contributed by atoms with Gasteiger partial charge in [-0.25, -0.2) is 4.79 Å². The average Bonchev–Trinajstić information content (AvgIpc) is 2.92. The molecule has 1 unspecified atom stereocenters. The van der Waals surface area contributed by atoms with Crippen molar-refractivity contribution >= 4 is 11.8 Å². The minimum atomic E-state index is -1.06. The molecule has 0 aromatic rings. The third kappa shape index (κ3) is 6.46. The molecule has 0 aromatic heterocycles. The van der Waals surface area contributed by atoms with Crippen molar-refractivity contribution in [1.29, 1.82) is 0 Å². The molecule has 1 fully saturated rings. The van der Waals surface area contributed by atoms with Crippen LogP contribution in [0.4, 0.5) is 0 Å². The Bertz CT molecular complexity index is 567. The standard InChI is InChI=1S/C22H32O4/c1-4-7-9-11-17(23)13-14-18-16(6-3)15-20(24)21(18)19(22(25)26)12-10-8-5-2/h3,12-14,16-18,21,23H,4-5,7-11,15H2,1-2H3,(H,25,26)/b14-13?,19-12-/t16?,17-,18-,21-/m1/s1. The molecule has 0 radical (unpaired) electrons. The molecule has 4 nitrogen and oxygen atoms in total. The molecule has 0 saturated heterocycles. The van der Waals surface area contributed by atoms with Gasteiger partial charge in [0, 0.05) is 23.8 Å². The van der Waals surface area contributed by atoms with Crippen LogP contribution >= 0.6 is 0 Å². The van der Waals surface area contributed by atoms with E-state index >= 15 is 0 Å². The molecule has 1 aliphatic rings. The average molecular weight is 360 g/mol. The lowest BCUT2D eigenvalue weighted by Gasteiger charge is -2.19. The summed E-state index contributed by atoms with van der Waals surface area (Å²) in [6.07, 6.45) is 16.5. The van der Waals surface area contributed by atoms with Gasteiger partial charge in [0.05, 0.1) is 12.0 Å². The van der Waals surface area contributed by atoms with Crippen LogP contribution in [0.15, 0.2) is 23.8 Å². The second-order valence-corrected chi connectivity index (χ2v) is 7.05. The highest BCUT2D eigenvalue weighted by Gasteiger charge is 2.43. The Kier molecular flexibility index (Phi) is 9.98. The third-order valence-corrected chi connectivity index (χ3v) is 4.99. The van der Waals surface area contributed by atoms with Crippen molar-refractivity contribution in [2.75, 3.05) is 0 Å². The Morgan fingerprint density at radius 2 is 2.00 bits per heavy atom. The topological polar surface area (TPSA) is 74.6 Å². The molecule has 0 heterocycles. The molecule has 0 aromatic carbocycles. The molecular weight excluding hydrogens is 328 g/mol. The van der Waals surface area contributed by atoms with Crippen LogP contribution in [0.5, 0.6) is 0 Å². The van der Waals surface area contributed by atoms with E-state index in [1.165, 1.54) is 0 Å². The van der Waals surface area contributed by atoms with Gasteiger partial charge in [-0.3, -0.25) is 4.79 Å². The number of terminal acetylenes is 1. The second kappa shape index (κ2) is 11.7. The lowest BCUT2D eigenvalue weighted by Crippen LogP contribution is -2.23. The fourth-order valence-electron chi connectivity index (χ4n) is 3.49. The summed E-state index contributed by atoms with van der Waals surface area (Å²) in [4.78, 5) is 24.2. The summed E-state index contributed by atoms with van der Waals surface area (Å²) in [5, 5.41) is 19.7. The Morgan fingerprint density at radius 1 is 1.31 bits per heavy atom. The number of Topliss-reactive ketones (excluding diaryl/α,β-unsaturated/α-hetero) is 1. The number of rotatable bonds is 11. The Balaban J connectivity index is 2.99. The van der Waals surface area contributed by atoms with E-state index in [1.54, 1.807) is 18.2 Å². The van der Waals surface area contributed by atoms with E-state index in [0.717, 1.165) is 32.1 Å². The number of hydrogen-bond acceptors (Lipinski definition) is 3. The number of carboxylic acid groups (broad SMARTS) is 1. The van der Waals surface area contributed by atoms with Crippen molar-refractivity contribution < 1.29 is 19.8 Å². The van der Waals surface area contributed by atoms with Gasteiger partial charge >= 0.3 is 5.97 Å². The number of hydrogen-bond donors (Lipinski definition) is 2. The minimum absolute atomic E-state index is 0.117. The highest BCUT2D eigenvalue weighted by atomic mass is 16.4. The van der Waals surface area contributed by atoms with E-state index in [0.29, 0.717) is 12.8 Å². The van der Waals surface area contributed by atoms with Crippen molar-refractivity contribution in [3.63, 3.8) is 0 Å². The molecule has 0 aliphatic heterocycles. The normalized spacial score (nSPS) is 24.8. The van der Waals surface area contributed by atoms with Gasteiger partial charge in [0.1, 0.15) is 5.78 Å². The predicted molar refractivity (Wildman–Crippen MR) is 103 cm³/mol. The number of carbonyl (C=O) groups excluding carboxylic acids is 1.